The Balaban J connectivity index is 1.43. The van der Waals surface area contributed by atoms with Gasteiger partial charge in [-0.3, -0.25) is 4.79 Å². The van der Waals surface area contributed by atoms with E-state index in [2.05, 4.69) is 5.32 Å². The summed E-state index contributed by atoms with van der Waals surface area (Å²) in [6, 6.07) is 12.8. The number of carbonyl (C=O) groups excluding carboxylic acids is 1. The Morgan fingerprint density at radius 1 is 1.20 bits per heavy atom. The van der Waals surface area contributed by atoms with Crippen molar-refractivity contribution in [3.05, 3.63) is 59.8 Å². The number of nitrogens with one attached hydrogen (secondary N) is 1. The van der Waals surface area contributed by atoms with Crippen LogP contribution in [0.15, 0.2) is 48.7 Å². The minimum atomic E-state index is -0.775. The van der Waals surface area contributed by atoms with Crippen molar-refractivity contribution in [1.82, 2.24) is 9.88 Å². The molecular formula is C19H18N2O4. The molecule has 6 nitrogen and oxygen atoms in total. The second kappa shape index (κ2) is 6.14. The van der Waals surface area contributed by atoms with Gasteiger partial charge in [-0.05, 0) is 47.3 Å². The molecule has 128 valence electrons. The highest BCUT2D eigenvalue weighted by Crippen LogP contribution is 2.32. The predicted molar refractivity (Wildman–Crippen MR) is 92.8 cm³/mol. The number of amides is 1. The van der Waals surface area contributed by atoms with Crippen LogP contribution in [0.5, 0.6) is 11.5 Å². The van der Waals surface area contributed by atoms with Crippen molar-refractivity contribution in [1.29, 1.82) is 0 Å². The summed E-state index contributed by atoms with van der Waals surface area (Å²) < 4.78 is 12.5. The smallest absolute Gasteiger partial charge is 0.251 e. The average Bonchev–Trinajstić information content (AvgIpc) is 3.25. The highest BCUT2D eigenvalue weighted by atomic mass is 16.7. The minimum Gasteiger partial charge on any atom is -0.454 e. The van der Waals surface area contributed by atoms with Crippen LogP contribution in [-0.4, -0.2) is 28.9 Å². The fourth-order valence-corrected chi connectivity index (χ4v) is 2.95. The van der Waals surface area contributed by atoms with Gasteiger partial charge in [0, 0.05) is 30.9 Å². The minimum absolute atomic E-state index is 0.131. The van der Waals surface area contributed by atoms with E-state index < -0.39 is 6.10 Å². The Labute approximate surface area is 144 Å². The van der Waals surface area contributed by atoms with Gasteiger partial charge in [0.2, 0.25) is 6.79 Å². The van der Waals surface area contributed by atoms with E-state index in [9.17, 15) is 9.90 Å². The van der Waals surface area contributed by atoms with Gasteiger partial charge >= 0.3 is 0 Å². The largest absolute Gasteiger partial charge is 0.454 e. The number of aliphatic hydroxyl groups excluding tert-OH is 1. The third kappa shape index (κ3) is 2.92. The number of hydrogen-bond acceptors (Lipinski definition) is 4. The zero-order valence-corrected chi connectivity index (χ0v) is 13.7. The van der Waals surface area contributed by atoms with Crippen LogP contribution < -0.4 is 14.8 Å². The number of rotatable bonds is 4. The molecule has 0 saturated heterocycles. The number of aliphatic hydroxyl groups is 1. The molecule has 0 bridgehead atoms. The first-order valence-corrected chi connectivity index (χ1v) is 8.03. The molecule has 2 heterocycles. The predicted octanol–water partition coefficient (Wildman–Crippen LogP) is 2.37. The van der Waals surface area contributed by atoms with Crippen molar-refractivity contribution in [2.45, 2.75) is 6.10 Å². The quantitative estimate of drug-likeness (QED) is 0.766. The van der Waals surface area contributed by atoms with Crippen molar-refractivity contribution >= 4 is 16.8 Å². The zero-order valence-electron chi connectivity index (χ0n) is 13.7. The number of benzene rings is 2. The van der Waals surface area contributed by atoms with Gasteiger partial charge in [0.05, 0.1) is 6.10 Å². The summed E-state index contributed by atoms with van der Waals surface area (Å²) in [5, 5.41) is 14.2. The normalized spacial score (nSPS) is 13.8. The molecule has 0 spiro atoms. The number of fused-ring (bicyclic) bond motifs is 2. The maximum absolute atomic E-state index is 12.3. The van der Waals surface area contributed by atoms with Gasteiger partial charge in [0.1, 0.15) is 0 Å². The van der Waals surface area contributed by atoms with E-state index in [1.54, 1.807) is 18.2 Å². The van der Waals surface area contributed by atoms with E-state index in [1.807, 2.05) is 42.1 Å². The highest BCUT2D eigenvalue weighted by molar-refractivity contribution is 5.95. The third-order valence-electron chi connectivity index (χ3n) is 4.38. The van der Waals surface area contributed by atoms with Crippen LogP contribution in [0.1, 0.15) is 22.0 Å². The van der Waals surface area contributed by atoms with Gasteiger partial charge < -0.3 is 24.5 Å². The summed E-state index contributed by atoms with van der Waals surface area (Å²) in [6.45, 7) is 0.298. The number of aromatic nitrogens is 1. The molecule has 0 radical (unpaired) electrons. The van der Waals surface area contributed by atoms with E-state index in [-0.39, 0.29) is 19.2 Å². The van der Waals surface area contributed by atoms with Gasteiger partial charge in [-0.2, -0.15) is 0 Å². The summed E-state index contributed by atoms with van der Waals surface area (Å²) in [4.78, 5) is 12.3. The molecule has 1 aliphatic heterocycles. The van der Waals surface area contributed by atoms with E-state index >= 15 is 0 Å². The van der Waals surface area contributed by atoms with Crippen LogP contribution in [-0.2, 0) is 7.05 Å². The molecule has 0 unspecified atom stereocenters. The zero-order chi connectivity index (χ0) is 17.4. The molecular weight excluding hydrogens is 320 g/mol. The Bertz CT molecular complexity index is 948. The van der Waals surface area contributed by atoms with Crippen molar-refractivity contribution in [3.63, 3.8) is 0 Å². The lowest BCUT2D eigenvalue weighted by Gasteiger charge is -2.13. The molecule has 2 aromatic carbocycles. The third-order valence-corrected chi connectivity index (χ3v) is 4.38. The lowest BCUT2D eigenvalue weighted by atomic mass is 10.1. The first-order valence-electron chi connectivity index (χ1n) is 8.03. The molecule has 0 fully saturated rings. The fourth-order valence-electron chi connectivity index (χ4n) is 2.95. The number of ether oxygens (including phenoxy) is 2. The Morgan fingerprint density at radius 2 is 2.04 bits per heavy atom. The van der Waals surface area contributed by atoms with Crippen LogP contribution in [0.4, 0.5) is 0 Å². The van der Waals surface area contributed by atoms with Crippen molar-refractivity contribution in [3.8, 4) is 11.5 Å². The maximum atomic E-state index is 12.3. The molecule has 3 aromatic rings. The van der Waals surface area contributed by atoms with Gasteiger partial charge in [0.25, 0.3) is 5.91 Å². The van der Waals surface area contributed by atoms with E-state index in [0.717, 1.165) is 16.5 Å². The van der Waals surface area contributed by atoms with Crippen LogP contribution >= 0.6 is 0 Å². The lowest BCUT2D eigenvalue weighted by Crippen LogP contribution is -2.28. The van der Waals surface area contributed by atoms with E-state index in [1.165, 1.54) is 0 Å². The summed E-state index contributed by atoms with van der Waals surface area (Å²) in [7, 11) is 1.98. The molecule has 0 aliphatic carbocycles. The molecule has 1 aromatic heterocycles. The average molecular weight is 338 g/mol. The molecule has 1 amide bonds. The molecule has 2 N–H and O–H groups in total. The van der Waals surface area contributed by atoms with Crippen molar-refractivity contribution in [2.75, 3.05) is 13.3 Å². The summed E-state index contributed by atoms with van der Waals surface area (Å²) in [6.07, 6.45) is 1.20. The first-order chi connectivity index (χ1) is 12.1. The summed E-state index contributed by atoms with van der Waals surface area (Å²) in [5.74, 6) is 0.925. The van der Waals surface area contributed by atoms with Gasteiger partial charge in [-0.25, -0.2) is 0 Å². The Morgan fingerprint density at radius 3 is 2.92 bits per heavy atom. The van der Waals surface area contributed by atoms with Gasteiger partial charge in [0.15, 0.2) is 11.5 Å². The van der Waals surface area contributed by atoms with E-state index in [0.29, 0.717) is 17.1 Å². The van der Waals surface area contributed by atoms with Gasteiger partial charge in [-0.15, -0.1) is 0 Å². The van der Waals surface area contributed by atoms with E-state index in [4.69, 9.17) is 9.47 Å². The number of hydrogen-bond donors (Lipinski definition) is 2. The topological polar surface area (TPSA) is 72.7 Å². The number of nitrogens with zero attached hydrogens (tertiary/aromatic N) is 1. The summed E-state index contributed by atoms with van der Waals surface area (Å²) >= 11 is 0. The molecule has 6 heteroatoms. The molecule has 4 rings (SSSR count). The SMILES string of the molecule is Cn1ccc2cc([C@@H](O)CNC(=O)c3ccc4c(c3)OCO4)ccc21. The maximum Gasteiger partial charge on any atom is 0.251 e. The Hall–Kier alpha value is -2.99. The monoisotopic (exact) mass is 338 g/mol. The first kappa shape index (κ1) is 15.5. The second-order valence-electron chi connectivity index (χ2n) is 6.04. The number of carbonyl (C=O) groups is 1. The van der Waals surface area contributed by atoms with Crippen LogP contribution in [0.3, 0.4) is 0 Å². The molecule has 0 saturated carbocycles. The second-order valence-corrected chi connectivity index (χ2v) is 6.04. The molecule has 25 heavy (non-hydrogen) atoms. The van der Waals surface area contributed by atoms with Crippen LogP contribution in [0, 0.1) is 0 Å². The van der Waals surface area contributed by atoms with Crippen LogP contribution in [0.25, 0.3) is 10.9 Å². The molecule has 1 aliphatic rings. The number of aryl methyl sites for hydroxylation is 1. The van der Waals surface area contributed by atoms with Crippen molar-refractivity contribution < 1.29 is 19.4 Å². The fraction of sp³-hybridized carbons (Fsp3) is 0.211. The highest BCUT2D eigenvalue weighted by Gasteiger charge is 2.17. The Kier molecular flexibility index (Phi) is 3.82. The lowest BCUT2D eigenvalue weighted by molar-refractivity contribution is 0.0916. The summed E-state index contributed by atoms with van der Waals surface area (Å²) in [5.41, 5.74) is 2.33. The van der Waals surface area contributed by atoms with Crippen molar-refractivity contribution in [2.24, 2.45) is 7.05 Å². The standard InChI is InChI=1S/C19H18N2O4/c1-21-7-6-12-8-13(2-4-15(12)21)16(22)10-20-19(23)14-3-5-17-18(9-14)25-11-24-17/h2-9,16,22H,10-11H2,1H3,(H,20,23)/t16-/m0/s1. The van der Waals surface area contributed by atoms with Gasteiger partial charge in [-0.1, -0.05) is 6.07 Å². The molecule has 1 atom stereocenters. The van der Waals surface area contributed by atoms with Crippen LogP contribution in [0.2, 0.25) is 0 Å².